The highest BCUT2D eigenvalue weighted by Crippen LogP contribution is 2.30. The maximum Gasteiger partial charge on any atom is -0.00211 e. The summed E-state index contributed by atoms with van der Waals surface area (Å²) in [5.41, 5.74) is 9.01. The molecule has 29 heavy (non-hydrogen) atoms. The molecule has 0 amide bonds. The molecule has 0 N–H and O–H groups in total. The fourth-order valence-corrected chi connectivity index (χ4v) is 4.21. The van der Waals surface area contributed by atoms with Crippen molar-refractivity contribution < 1.29 is 0 Å². The Morgan fingerprint density at radius 2 is 1.59 bits per heavy atom. The van der Waals surface area contributed by atoms with Crippen molar-refractivity contribution in [1.29, 1.82) is 0 Å². The number of hydrogen-bond acceptors (Lipinski definition) is 0. The van der Waals surface area contributed by atoms with Crippen LogP contribution in [0.3, 0.4) is 0 Å². The quantitative estimate of drug-likeness (QED) is 0.304. The molecule has 0 radical (unpaired) electrons. The summed E-state index contributed by atoms with van der Waals surface area (Å²) in [6.45, 7) is 15.4. The summed E-state index contributed by atoms with van der Waals surface area (Å²) in [6.07, 6.45) is 22.7. The lowest BCUT2D eigenvalue weighted by Crippen LogP contribution is -1.99. The van der Waals surface area contributed by atoms with Crippen LogP contribution in [0.5, 0.6) is 0 Å². The second kappa shape index (κ2) is 16.1. The van der Waals surface area contributed by atoms with Crippen molar-refractivity contribution in [3.8, 4) is 12.8 Å². The lowest BCUT2D eigenvalue weighted by molar-refractivity contribution is 0.483. The lowest BCUT2D eigenvalue weighted by atomic mass is 9.91. The van der Waals surface area contributed by atoms with Gasteiger partial charge in [-0.05, 0) is 81.6 Å². The van der Waals surface area contributed by atoms with Gasteiger partial charge in [-0.3, -0.25) is 0 Å². The van der Waals surface area contributed by atoms with Crippen molar-refractivity contribution in [1.82, 2.24) is 0 Å². The highest BCUT2D eigenvalue weighted by molar-refractivity contribution is 5.41. The van der Waals surface area contributed by atoms with E-state index < -0.39 is 0 Å². The highest BCUT2D eigenvalue weighted by atomic mass is 14.2. The summed E-state index contributed by atoms with van der Waals surface area (Å²) in [7, 11) is 0. The fourth-order valence-electron chi connectivity index (χ4n) is 4.21. The summed E-state index contributed by atoms with van der Waals surface area (Å²) in [5, 5.41) is 0. The van der Waals surface area contributed by atoms with E-state index in [4.69, 9.17) is 0 Å². The Bertz CT molecular complexity index is 628. The molecule has 0 heterocycles. The van der Waals surface area contributed by atoms with Gasteiger partial charge in [0.1, 0.15) is 0 Å². The monoisotopic (exact) mass is 394 g/mol. The predicted octanol–water partition coefficient (Wildman–Crippen LogP) is 9.15. The minimum Gasteiger partial charge on any atom is -0.124 e. The van der Waals surface area contributed by atoms with Gasteiger partial charge in [0.2, 0.25) is 0 Å². The maximum atomic E-state index is 4.00. The molecule has 1 fully saturated rings. The van der Waals surface area contributed by atoms with Gasteiger partial charge in [0.05, 0.1) is 0 Å². The zero-order valence-electron chi connectivity index (χ0n) is 20.4. The molecule has 0 bridgehead atoms. The number of benzene rings is 1. The molecule has 2 rings (SSSR count). The average Bonchev–Trinajstić information content (AvgIpc) is 3.26. The van der Waals surface area contributed by atoms with E-state index in [2.05, 4.69) is 71.7 Å². The number of terminal acetylenes is 1. The third kappa shape index (κ3) is 10.0. The van der Waals surface area contributed by atoms with Crippen LogP contribution in [0.25, 0.3) is 0 Å². The van der Waals surface area contributed by atoms with Crippen LogP contribution in [-0.4, -0.2) is 0 Å². The first-order chi connectivity index (χ1) is 14.0. The van der Waals surface area contributed by atoms with Crippen LogP contribution >= 0.6 is 0 Å². The van der Waals surface area contributed by atoms with Crippen LogP contribution < -0.4 is 0 Å². The molecule has 0 atom stereocenters. The number of aryl methyl sites for hydroxylation is 2. The van der Waals surface area contributed by atoms with Crippen molar-refractivity contribution in [3.05, 3.63) is 57.7 Å². The van der Waals surface area contributed by atoms with Gasteiger partial charge in [-0.1, -0.05) is 88.3 Å². The number of allylic oxidation sites excluding steroid dienone is 4. The fraction of sp³-hybridized carbons (Fsp3) is 0.586. The van der Waals surface area contributed by atoms with Gasteiger partial charge in [0, 0.05) is 0 Å². The Hall–Kier alpha value is -1.74. The molecule has 0 saturated heterocycles. The summed E-state index contributed by atoms with van der Waals surface area (Å²) in [5.74, 6) is 1.02. The first kappa shape index (κ1) is 27.3. The van der Waals surface area contributed by atoms with Crippen molar-refractivity contribution >= 4 is 0 Å². The van der Waals surface area contributed by atoms with Gasteiger partial charge >= 0.3 is 0 Å². The molecule has 0 aliphatic heterocycles. The summed E-state index contributed by atoms with van der Waals surface area (Å²) in [4.78, 5) is 0. The number of hydrogen-bond donors (Lipinski definition) is 0. The maximum absolute atomic E-state index is 4.00. The van der Waals surface area contributed by atoms with E-state index in [1.807, 2.05) is 13.8 Å². The van der Waals surface area contributed by atoms with Gasteiger partial charge < -0.3 is 0 Å². The van der Waals surface area contributed by atoms with Crippen LogP contribution in [0, 0.1) is 32.6 Å². The number of rotatable bonds is 8. The van der Waals surface area contributed by atoms with Crippen molar-refractivity contribution in [2.24, 2.45) is 5.92 Å². The molecule has 1 aliphatic rings. The lowest BCUT2D eigenvalue weighted by Gasteiger charge is -2.14. The normalized spacial score (nSPS) is 15.0. The Morgan fingerprint density at radius 1 is 1.03 bits per heavy atom. The molecule has 162 valence electrons. The van der Waals surface area contributed by atoms with Crippen LogP contribution in [0.4, 0.5) is 0 Å². The molecule has 0 unspecified atom stereocenters. The Balaban J connectivity index is 0.00000184. The average molecular weight is 395 g/mol. The first-order valence-corrected chi connectivity index (χ1v) is 11.8. The second-order valence-electron chi connectivity index (χ2n) is 8.24. The first-order valence-electron chi connectivity index (χ1n) is 11.8. The Kier molecular flexibility index (Phi) is 15.1. The summed E-state index contributed by atoms with van der Waals surface area (Å²) < 4.78 is 0. The highest BCUT2D eigenvalue weighted by Gasteiger charge is 2.14. The third-order valence-electron chi connectivity index (χ3n) is 6.17. The Labute approximate surface area is 182 Å². The minimum absolute atomic E-state index is 1.02. The zero-order chi connectivity index (χ0) is 22.2. The molecule has 0 nitrogen and oxygen atoms in total. The van der Waals surface area contributed by atoms with Crippen molar-refractivity contribution in [2.45, 2.75) is 106 Å². The molecule has 1 saturated carbocycles. The smallest absolute Gasteiger partial charge is 0.00211 e. The summed E-state index contributed by atoms with van der Waals surface area (Å²) >= 11 is 0. The van der Waals surface area contributed by atoms with Crippen LogP contribution in [0.2, 0.25) is 0 Å². The van der Waals surface area contributed by atoms with E-state index in [-0.39, 0.29) is 0 Å². The second-order valence-corrected chi connectivity index (χ2v) is 8.24. The van der Waals surface area contributed by atoms with E-state index >= 15 is 0 Å². The van der Waals surface area contributed by atoms with Gasteiger partial charge in [-0.15, -0.1) is 12.8 Å². The van der Waals surface area contributed by atoms with E-state index in [1.165, 1.54) is 67.2 Å². The minimum atomic E-state index is 1.02. The van der Waals surface area contributed by atoms with E-state index in [9.17, 15) is 0 Å². The molecular weight excluding hydrogens is 348 g/mol. The molecule has 0 spiro atoms. The van der Waals surface area contributed by atoms with Crippen LogP contribution in [-0.2, 0) is 6.42 Å². The van der Waals surface area contributed by atoms with Crippen LogP contribution in [0.15, 0.2) is 41.0 Å². The van der Waals surface area contributed by atoms with Gasteiger partial charge in [-0.25, -0.2) is 0 Å². The topological polar surface area (TPSA) is 0 Å². The molecule has 1 aliphatic carbocycles. The predicted molar refractivity (Wildman–Crippen MR) is 133 cm³/mol. The van der Waals surface area contributed by atoms with Crippen molar-refractivity contribution in [2.75, 3.05) is 0 Å². The van der Waals surface area contributed by atoms with Gasteiger partial charge in [0.15, 0.2) is 0 Å². The Morgan fingerprint density at radius 3 is 2.10 bits per heavy atom. The molecule has 1 aromatic rings. The molecule has 0 aromatic heterocycles. The van der Waals surface area contributed by atoms with Crippen LogP contribution in [0.1, 0.15) is 103 Å². The van der Waals surface area contributed by atoms with E-state index in [1.54, 1.807) is 11.1 Å². The van der Waals surface area contributed by atoms with Gasteiger partial charge in [0.25, 0.3) is 0 Å². The van der Waals surface area contributed by atoms with E-state index in [0.29, 0.717) is 0 Å². The standard InChI is InChI=1S/C25H38.C2H6.C2H2/c1-6-20(3)24(18-25-21(4)12-10-13-22(25)5)17-19(2)11-9-16-23-14-7-8-15-23;2*1-2/h10,12-13,17,23H,6-9,11,14-16,18H2,1-5H3;1-2H3;1-2H/b19-17+,24-20?;;. The molecule has 0 heteroatoms. The third-order valence-corrected chi connectivity index (χ3v) is 6.17. The van der Waals surface area contributed by atoms with Crippen molar-refractivity contribution in [3.63, 3.8) is 0 Å². The van der Waals surface area contributed by atoms with E-state index in [0.717, 1.165) is 18.8 Å². The molecule has 1 aromatic carbocycles. The molecular formula is C29H46. The largest absolute Gasteiger partial charge is 0.124 e. The van der Waals surface area contributed by atoms with Gasteiger partial charge in [-0.2, -0.15) is 0 Å². The SMILES string of the molecule is C#C.CC.CCC(C)=C(/C=C(\C)CCCC1CCCC1)Cc1c(C)cccc1C. The zero-order valence-corrected chi connectivity index (χ0v) is 20.4. The summed E-state index contributed by atoms with van der Waals surface area (Å²) in [6, 6.07) is 6.67.